The summed E-state index contributed by atoms with van der Waals surface area (Å²) in [6.07, 6.45) is 5.66. The number of nitrogens with zero attached hydrogens (tertiary/aromatic N) is 1. The molecule has 0 radical (unpaired) electrons. The van der Waals surface area contributed by atoms with Crippen molar-refractivity contribution >= 4 is 5.91 Å². The normalized spacial score (nSPS) is 35.1. The van der Waals surface area contributed by atoms with E-state index >= 15 is 0 Å². The molecule has 0 spiro atoms. The van der Waals surface area contributed by atoms with E-state index in [2.05, 4.69) is 24.1 Å². The Labute approximate surface area is 123 Å². The minimum Gasteiger partial charge on any atom is -0.356 e. The van der Waals surface area contributed by atoms with Gasteiger partial charge in [0.05, 0.1) is 0 Å². The highest BCUT2D eigenvalue weighted by atomic mass is 16.1. The van der Waals surface area contributed by atoms with Crippen LogP contribution in [0.1, 0.15) is 46.0 Å². The molecule has 4 unspecified atom stereocenters. The number of hydrogen-bond donors (Lipinski definition) is 2. The van der Waals surface area contributed by atoms with Gasteiger partial charge in [-0.05, 0) is 63.6 Å². The first-order valence-corrected chi connectivity index (χ1v) is 8.33. The summed E-state index contributed by atoms with van der Waals surface area (Å²) in [7, 11) is 0. The van der Waals surface area contributed by atoms with Crippen molar-refractivity contribution in [3.05, 3.63) is 0 Å². The Morgan fingerprint density at radius 3 is 2.60 bits per heavy atom. The van der Waals surface area contributed by atoms with E-state index < -0.39 is 0 Å². The average Bonchev–Trinajstić information content (AvgIpc) is 2.92. The number of nitrogens with one attached hydrogen (secondary N) is 1. The third-order valence-corrected chi connectivity index (χ3v) is 5.17. The minimum absolute atomic E-state index is 0.119. The summed E-state index contributed by atoms with van der Waals surface area (Å²) in [6.45, 7) is 8.79. The highest BCUT2D eigenvalue weighted by Gasteiger charge is 2.34. The van der Waals surface area contributed by atoms with E-state index in [0.717, 1.165) is 32.4 Å². The molecule has 2 aliphatic rings. The molecule has 1 heterocycles. The van der Waals surface area contributed by atoms with Crippen molar-refractivity contribution < 1.29 is 4.79 Å². The van der Waals surface area contributed by atoms with Crippen LogP contribution >= 0.6 is 0 Å². The quantitative estimate of drug-likeness (QED) is 0.753. The molecule has 0 aromatic rings. The zero-order valence-corrected chi connectivity index (χ0v) is 13.1. The summed E-state index contributed by atoms with van der Waals surface area (Å²) in [5.41, 5.74) is 6.12. The van der Waals surface area contributed by atoms with Gasteiger partial charge in [0.25, 0.3) is 0 Å². The molecule has 0 aromatic heterocycles. The standard InChI is InChI=1S/C16H31N3O/c1-12-10-13(2)15(17)11-14(12)16(20)18-6-5-9-19-7-3-4-8-19/h12-15H,3-11,17H2,1-2H3,(H,18,20). The van der Waals surface area contributed by atoms with Crippen molar-refractivity contribution in [3.63, 3.8) is 0 Å². The molecule has 2 rings (SSSR count). The van der Waals surface area contributed by atoms with Crippen LogP contribution in [0.3, 0.4) is 0 Å². The molecule has 4 atom stereocenters. The van der Waals surface area contributed by atoms with Crippen LogP contribution < -0.4 is 11.1 Å². The first-order chi connectivity index (χ1) is 9.58. The van der Waals surface area contributed by atoms with Gasteiger partial charge in [0.15, 0.2) is 0 Å². The van der Waals surface area contributed by atoms with Crippen molar-refractivity contribution in [1.82, 2.24) is 10.2 Å². The van der Waals surface area contributed by atoms with E-state index in [1.165, 1.54) is 25.9 Å². The Balaban J connectivity index is 1.66. The molecule has 20 heavy (non-hydrogen) atoms. The Kier molecular flexibility index (Phi) is 5.85. The number of hydrogen-bond acceptors (Lipinski definition) is 3. The molecule has 2 fully saturated rings. The van der Waals surface area contributed by atoms with Gasteiger partial charge >= 0.3 is 0 Å². The lowest BCUT2D eigenvalue weighted by Crippen LogP contribution is -2.45. The molecule has 3 N–H and O–H groups in total. The zero-order valence-electron chi connectivity index (χ0n) is 13.1. The van der Waals surface area contributed by atoms with Gasteiger partial charge < -0.3 is 16.0 Å². The molecule has 1 amide bonds. The van der Waals surface area contributed by atoms with Crippen molar-refractivity contribution in [2.24, 2.45) is 23.5 Å². The van der Waals surface area contributed by atoms with Gasteiger partial charge in [-0.2, -0.15) is 0 Å². The molecule has 1 aliphatic carbocycles. The van der Waals surface area contributed by atoms with Crippen LogP contribution in [0.4, 0.5) is 0 Å². The van der Waals surface area contributed by atoms with Gasteiger partial charge in [0.2, 0.25) is 5.91 Å². The summed E-state index contributed by atoms with van der Waals surface area (Å²) in [4.78, 5) is 14.8. The lowest BCUT2D eigenvalue weighted by molar-refractivity contribution is -0.128. The number of nitrogens with two attached hydrogens (primary N) is 1. The Bertz CT molecular complexity index is 315. The molecule has 1 saturated carbocycles. The minimum atomic E-state index is 0.119. The number of carbonyl (C=O) groups excluding carboxylic acids is 1. The average molecular weight is 281 g/mol. The Hall–Kier alpha value is -0.610. The summed E-state index contributed by atoms with van der Waals surface area (Å²) in [5.74, 6) is 1.35. The van der Waals surface area contributed by atoms with E-state index in [9.17, 15) is 4.79 Å². The fourth-order valence-corrected chi connectivity index (χ4v) is 3.70. The molecular formula is C16H31N3O. The highest BCUT2D eigenvalue weighted by molar-refractivity contribution is 5.79. The maximum Gasteiger partial charge on any atom is 0.223 e. The number of carbonyl (C=O) groups is 1. The van der Waals surface area contributed by atoms with Crippen LogP contribution in [0.2, 0.25) is 0 Å². The maximum atomic E-state index is 12.3. The van der Waals surface area contributed by atoms with Crippen molar-refractivity contribution in [2.75, 3.05) is 26.2 Å². The lowest BCUT2D eigenvalue weighted by atomic mass is 9.72. The van der Waals surface area contributed by atoms with Gasteiger partial charge in [-0.3, -0.25) is 4.79 Å². The summed E-state index contributed by atoms with van der Waals surface area (Å²) < 4.78 is 0. The molecule has 4 heteroatoms. The van der Waals surface area contributed by atoms with E-state index in [4.69, 9.17) is 5.73 Å². The SMILES string of the molecule is CC1CC(C)C(C(=O)NCCCN2CCCC2)CC1N. The number of amides is 1. The second kappa shape index (κ2) is 7.41. The van der Waals surface area contributed by atoms with Gasteiger partial charge in [-0.25, -0.2) is 0 Å². The van der Waals surface area contributed by atoms with Gasteiger partial charge in [-0.15, -0.1) is 0 Å². The van der Waals surface area contributed by atoms with Crippen molar-refractivity contribution in [3.8, 4) is 0 Å². The molecule has 0 aromatic carbocycles. The van der Waals surface area contributed by atoms with Crippen LogP contribution in [-0.2, 0) is 4.79 Å². The Morgan fingerprint density at radius 1 is 1.20 bits per heavy atom. The smallest absolute Gasteiger partial charge is 0.223 e. The van der Waals surface area contributed by atoms with Crippen LogP contribution in [-0.4, -0.2) is 43.0 Å². The lowest BCUT2D eigenvalue weighted by Gasteiger charge is -2.36. The molecular weight excluding hydrogens is 250 g/mol. The van der Waals surface area contributed by atoms with Crippen LogP contribution in [0, 0.1) is 17.8 Å². The summed E-state index contributed by atoms with van der Waals surface area (Å²) in [6, 6.07) is 0.187. The monoisotopic (exact) mass is 281 g/mol. The first-order valence-electron chi connectivity index (χ1n) is 8.33. The van der Waals surface area contributed by atoms with E-state index in [-0.39, 0.29) is 17.9 Å². The number of rotatable bonds is 5. The third-order valence-electron chi connectivity index (χ3n) is 5.17. The summed E-state index contributed by atoms with van der Waals surface area (Å²) in [5, 5.41) is 3.12. The predicted octanol–water partition coefficient (Wildman–Crippen LogP) is 1.60. The van der Waals surface area contributed by atoms with E-state index in [0.29, 0.717) is 11.8 Å². The predicted molar refractivity (Wildman–Crippen MR) is 82.3 cm³/mol. The first kappa shape index (κ1) is 15.8. The fourth-order valence-electron chi connectivity index (χ4n) is 3.70. The second-order valence-corrected chi connectivity index (χ2v) is 6.89. The van der Waals surface area contributed by atoms with Gasteiger partial charge in [0, 0.05) is 18.5 Å². The molecule has 4 nitrogen and oxygen atoms in total. The molecule has 1 saturated heterocycles. The van der Waals surface area contributed by atoms with Crippen LogP contribution in [0.5, 0.6) is 0 Å². The molecule has 1 aliphatic heterocycles. The Morgan fingerprint density at radius 2 is 1.90 bits per heavy atom. The van der Waals surface area contributed by atoms with E-state index in [1.54, 1.807) is 0 Å². The zero-order chi connectivity index (χ0) is 14.5. The van der Waals surface area contributed by atoms with Crippen molar-refractivity contribution in [1.29, 1.82) is 0 Å². The van der Waals surface area contributed by atoms with E-state index in [1.807, 2.05) is 0 Å². The van der Waals surface area contributed by atoms with Crippen LogP contribution in [0.25, 0.3) is 0 Å². The topological polar surface area (TPSA) is 58.4 Å². The van der Waals surface area contributed by atoms with Gasteiger partial charge in [-0.1, -0.05) is 13.8 Å². The second-order valence-electron chi connectivity index (χ2n) is 6.89. The van der Waals surface area contributed by atoms with Gasteiger partial charge in [0.1, 0.15) is 0 Å². The highest BCUT2D eigenvalue weighted by Crippen LogP contribution is 2.32. The largest absolute Gasteiger partial charge is 0.356 e. The molecule has 0 bridgehead atoms. The third kappa shape index (κ3) is 4.19. The number of likely N-dealkylation sites (tertiary alicyclic amines) is 1. The fraction of sp³-hybridized carbons (Fsp3) is 0.938. The molecule has 116 valence electrons. The summed E-state index contributed by atoms with van der Waals surface area (Å²) >= 11 is 0. The van der Waals surface area contributed by atoms with Crippen LogP contribution in [0.15, 0.2) is 0 Å². The van der Waals surface area contributed by atoms with Crippen molar-refractivity contribution in [2.45, 2.75) is 52.0 Å². The maximum absolute atomic E-state index is 12.3.